The molecule has 0 aliphatic heterocycles. The fraction of sp³-hybridized carbons (Fsp3) is 0.231. The van der Waals surface area contributed by atoms with E-state index in [9.17, 15) is 22.4 Å². The van der Waals surface area contributed by atoms with Crippen LogP contribution in [-0.4, -0.2) is 21.9 Å². The van der Waals surface area contributed by atoms with Gasteiger partial charge in [-0.25, -0.2) is 13.9 Å². The molecule has 2 rings (SSSR count). The highest BCUT2D eigenvalue weighted by molar-refractivity contribution is 5.77. The monoisotopic (exact) mass is 302 g/mol. The Balaban J connectivity index is 2.25. The van der Waals surface area contributed by atoms with Crippen LogP contribution in [0.5, 0.6) is 5.88 Å². The van der Waals surface area contributed by atoms with Crippen molar-refractivity contribution in [3.8, 4) is 5.88 Å². The zero-order valence-electron chi connectivity index (χ0n) is 10.8. The quantitative estimate of drug-likeness (QED) is 0.647. The molecule has 0 saturated carbocycles. The summed E-state index contributed by atoms with van der Waals surface area (Å²) < 4.78 is 55.4. The first-order valence-electron chi connectivity index (χ1n) is 5.84. The highest BCUT2D eigenvalue weighted by Crippen LogP contribution is 2.22. The molecule has 0 saturated heterocycles. The van der Waals surface area contributed by atoms with Gasteiger partial charge in [-0.1, -0.05) is 18.2 Å². The summed E-state index contributed by atoms with van der Waals surface area (Å²) in [5.74, 6) is -3.27. The number of esters is 1. The van der Waals surface area contributed by atoms with Crippen LogP contribution < -0.4 is 4.74 Å². The molecular formula is C13H10F4N2O2. The average Bonchev–Trinajstić information content (AvgIpc) is 2.71. The number of hydrogen-bond acceptors (Lipinski definition) is 3. The van der Waals surface area contributed by atoms with Crippen molar-refractivity contribution >= 4 is 5.97 Å². The van der Waals surface area contributed by atoms with E-state index in [1.807, 2.05) is 0 Å². The number of halogens is 4. The number of carbonyl (C=O) groups excluding carboxylic acids is 1. The minimum Gasteiger partial charge on any atom is -0.401 e. The number of aryl methyl sites for hydroxylation is 1. The van der Waals surface area contributed by atoms with Gasteiger partial charge in [0.2, 0.25) is 5.88 Å². The predicted molar refractivity (Wildman–Crippen MR) is 64.2 cm³/mol. The van der Waals surface area contributed by atoms with Gasteiger partial charge in [-0.15, -0.1) is 0 Å². The van der Waals surface area contributed by atoms with Crippen molar-refractivity contribution in [3.63, 3.8) is 0 Å². The lowest BCUT2D eigenvalue weighted by Crippen LogP contribution is -2.29. The fourth-order valence-electron chi connectivity index (χ4n) is 1.66. The number of hydrogen-bond donors (Lipinski definition) is 0. The molecular weight excluding hydrogens is 292 g/mol. The van der Waals surface area contributed by atoms with Crippen molar-refractivity contribution in [1.29, 1.82) is 0 Å². The Bertz CT molecular complexity index is 664. The molecule has 0 aliphatic rings. The van der Waals surface area contributed by atoms with E-state index in [2.05, 4.69) is 9.84 Å². The molecule has 2 aromatic rings. The van der Waals surface area contributed by atoms with Crippen molar-refractivity contribution in [1.82, 2.24) is 9.78 Å². The maximum Gasteiger partial charge on any atom is 0.491 e. The second kappa shape index (κ2) is 5.55. The molecule has 0 unspecified atom stereocenters. The van der Waals surface area contributed by atoms with Gasteiger partial charge in [0, 0.05) is 11.6 Å². The molecule has 0 aliphatic carbocycles. The number of benzene rings is 1. The third kappa shape index (κ3) is 3.59. The summed E-state index contributed by atoms with van der Waals surface area (Å²) in [6.07, 6.45) is -5.11. The summed E-state index contributed by atoms with van der Waals surface area (Å²) in [7, 11) is 0. The Morgan fingerprint density at radius 3 is 2.62 bits per heavy atom. The lowest BCUT2D eigenvalue weighted by atomic mass is 10.2. The smallest absolute Gasteiger partial charge is 0.401 e. The van der Waals surface area contributed by atoms with Gasteiger partial charge >= 0.3 is 12.1 Å². The highest BCUT2D eigenvalue weighted by Gasteiger charge is 2.42. The van der Waals surface area contributed by atoms with Crippen molar-refractivity contribution in [3.05, 3.63) is 47.4 Å². The van der Waals surface area contributed by atoms with Crippen LogP contribution in [0.2, 0.25) is 0 Å². The Hall–Kier alpha value is -2.38. The number of rotatable bonds is 3. The van der Waals surface area contributed by atoms with Crippen LogP contribution in [0.4, 0.5) is 17.6 Å². The Labute approximate surface area is 116 Å². The molecule has 0 spiro atoms. The number of ether oxygens (including phenoxy) is 1. The molecule has 0 radical (unpaired) electrons. The lowest BCUT2D eigenvalue weighted by molar-refractivity contribution is -0.190. The topological polar surface area (TPSA) is 44.1 Å². The molecule has 1 heterocycles. The number of alkyl halides is 3. The number of aromatic nitrogens is 2. The van der Waals surface area contributed by atoms with E-state index < -0.39 is 23.8 Å². The fourth-order valence-corrected chi connectivity index (χ4v) is 1.66. The Morgan fingerprint density at radius 2 is 2.00 bits per heavy atom. The molecule has 0 N–H and O–H groups in total. The maximum atomic E-state index is 13.5. The normalized spacial score (nSPS) is 11.5. The summed E-state index contributed by atoms with van der Waals surface area (Å²) in [6, 6.07) is 6.91. The highest BCUT2D eigenvalue weighted by atomic mass is 19.4. The van der Waals surface area contributed by atoms with E-state index in [1.165, 1.54) is 31.2 Å². The third-order valence-corrected chi connectivity index (χ3v) is 2.57. The largest absolute Gasteiger partial charge is 0.491 e. The molecule has 21 heavy (non-hydrogen) atoms. The van der Waals surface area contributed by atoms with E-state index in [-0.39, 0.29) is 12.1 Å². The van der Waals surface area contributed by atoms with Gasteiger partial charge in [0.15, 0.2) is 0 Å². The van der Waals surface area contributed by atoms with Gasteiger partial charge < -0.3 is 4.74 Å². The van der Waals surface area contributed by atoms with E-state index in [4.69, 9.17) is 0 Å². The van der Waals surface area contributed by atoms with Crippen LogP contribution in [0.25, 0.3) is 0 Å². The standard InChI is InChI=1S/C13H10F4N2O2/c1-8-6-11(21-12(20)13(15,16)17)19(18-8)7-9-4-2-3-5-10(9)14/h2-6H,7H2,1H3. The molecule has 0 amide bonds. The van der Waals surface area contributed by atoms with E-state index >= 15 is 0 Å². The first-order chi connectivity index (χ1) is 9.77. The van der Waals surface area contributed by atoms with Crippen molar-refractivity contribution in [2.24, 2.45) is 0 Å². The van der Waals surface area contributed by atoms with Crippen LogP contribution in [0, 0.1) is 12.7 Å². The minimum atomic E-state index is -5.11. The van der Waals surface area contributed by atoms with Crippen LogP contribution >= 0.6 is 0 Å². The van der Waals surface area contributed by atoms with Crippen molar-refractivity contribution in [2.75, 3.05) is 0 Å². The zero-order chi connectivity index (χ0) is 15.6. The molecule has 112 valence electrons. The number of nitrogens with zero attached hydrogens (tertiary/aromatic N) is 2. The average molecular weight is 302 g/mol. The molecule has 0 fully saturated rings. The van der Waals surface area contributed by atoms with Gasteiger partial charge in [0.25, 0.3) is 0 Å². The summed E-state index contributed by atoms with van der Waals surface area (Å²) in [5.41, 5.74) is 0.557. The van der Waals surface area contributed by atoms with Crippen LogP contribution in [0.1, 0.15) is 11.3 Å². The summed E-state index contributed by atoms with van der Waals surface area (Å²) >= 11 is 0. The summed E-state index contributed by atoms with van der Waals surface area (Å²) in [4.78, 5) is 10.9. The molecule has 0 atom stereocenters. The second-order valence-corrected chi connectivity index (χ2v) is 4.26. The first kappa shape index (κ1) is 15.0. The van der Waals surface area contributed by atoms with Crippen LogP contribution in [0.15, 0.2) is 30.3 Å². The molecule has 1 aromatic heterocycles. The van der Waals surface area contributed by atoms with Gasteiger partial charge in [-0.2, -0.15) is 18.3 Å². The van der Waals surface area contributed by atoms with E-state index in [1.54, 1.807) is 6.07 Å². The summed E-state index contributed by atoms with van der Waals surface area (Å²) in [6.45, 7) is 1.36. The maximum absolute atomic E-state index is 13.5. The minimum absolute atomic E-state index is 0.152. The van der Waals surface area contributed by atoms with Gasteiger partial charge in [-0.3, -0.25) is 0 Å². The van der Waals surface area contributed by atoms with Crippen LogP contribution in [0.3, 0.4) is 0 Å². The van der Waals surface area contributed by atoms with Crippen LogP contribution in [-0.2, 0) is 11.3 Å². The Morgan fingerprint density at radius 1 is 1.33 bits per heavy atom. The third-order valence-electron chi connectivity index (χ3n) is 2.57. The summed E-state index contributed by atoms with van der Waals surface area (Å²) in [5, 5.41) is 3.89. The SMILES string of the molecule is Cc1cc(OC(=O)C(F)(F)F)n(Cc2ccccc2F)n1. The molecule has 8 heteroatoms. The van der Waals surface area contributed by atoms with Gasteiger partial charge in [0.05, 0.1) is 12.2 Å². The molecule has 0 bridgehead atoms. The van der Waals surface area contributed by atoms with Crippen molar-refractivity contribution in [2.45, 2.75) is 19.6 Å². The first-order valence-corrected chi connectivity index (χ1v) is 5.84. The lowest BCUT2D eigenvalue weighted by Gasteiger charge is -2.09. The molecule has 4 nitrogen and oxygen atoms in total. The predicted octanol–water partition coefficient (Wildman–Crippen LogP) is 2.85. The van der Waals surface area contributed by atoms with Crippen molar-refractivity contribution < 1.29 is 27.1 Å². The van der Waals surface area contributed by atoms with E-state index in [0.717, 1.165) is 4.68 Å². The van der Waals surface area contributed by atoms with E-state index in [0.29, 0.717) is 5.69 Å². The Kier molecular flexibility index (Phi) is 3.97. The second-order valence-electron chi connectivity index (χ2n) is 4.26. The molecule has 1 aromatic carbocycles. The van der Waals surface area contributed by atoms with Gasteiger partial charge in [0.1, 0.15) is 5.82 Å². The van der Waals surface area contributed by atoms with Gasteiger partial charge in [-0.05, 0) is 13.0 Å². The zero-order valence-corrected chi connectivity index (χ0v) is 10.8. The number of carbonyl (C=O) groups is 1.